The molecule has 0 aliphatic heterocycles. The third kappa shape index (κ3) is 4.59. The summed E-state index contributed by atoms with van der Waals surface area (Å²) < 4.78 is 39.2. The molecule has 0 N–H and O–H groups in total. The first-order chi connectivity index (χ1) is 12.0. The number of hydrogen-bond acceptors (Lipinski definition) is 5. The molecule has 0 saturated heterocycles. The minimum absolute atomic E-state index is 0.0239. The average Bonchev–Trinajstić information content (AvgIpc) is 2.57. The predicted octanol–water partition coefficient (Wildman–Crippen LogP) is 2.02. The van der Waals surface area contributed by atoms with E-state index in [1.165, 1.54) is 26.4 Å². The van der Waals surface area contributed by atoms with Crippen LogP contribution in [0.3, 0.4) is 0 Å². The number of benzene rings is 1. The van der Waals surface area contributed by atoms with Crippen molar-refractivity contribution in [1.82, 2.24) is 14.1 Å². The number of rotatable bonds is 6. The molecule has 2 aromatic rings. The lowest BCUT2D eigenvalue weighted by atomic mass is 10.2. The highest BCUT2D eigenvalue weighted by atomic mass is 35.5. The minimum atomic E-state index is -3.61. The van der Waals surface area contributed by atoms with Crippen molar-refractivity contribution >= 4 is 44.4 Å². The molecular weight excluding hydrogens is 421 g/mol. The van der Waals surface area contributed by atoms with E-state index < -0.39 is 26.8 Å². The van der Waals surface area contributed by atoms with E-state index in [1.54, 1.807) is 19.1 Å². The molecule has 0 bridgehead atoms. The summed E-state index contributed by atoms with van der Waals surface area (Å²) in [4.78, 5) is 12.1. The van der Waals surface area contributed by atoms with Gasteiger partial charge in [-0.1, -0.05) is 35.3 Å². The van der Waals surface area contributed by atoms with Crippen LogP contribution in [0.1, 0.15) is 11.1 Å². The molecule has 0 amide bonds. The smallest absolute Gasteiger partial charge is 0.291 e. The van der Waals surface area contributed by atoms with E-state index in [4.69, 9.17) is 23.2 Å². The molecule has 0 spiro atoms. The molecule has 1 unspecified atom stereocenters. The van der Waals surface area contributed by atoms with Gasteiger partial charge in [-0.15, -0.1) is 0 Å². The van der Waals surface area contributed by atoms with Crippen molar-refractivity contribution < 1.29 is 13.0 Å². The number of aromatic nitrogens is 2. The quantitative estimate of drug-likeness (QED) is 0.643. The second-order valence-corrected chi connectivity index (χ2v) is 10.0. The largest absolute Gasteiger partial charge is 0.615 e. The normalized spacial score (nSPS) is 13.2. The summed E-state index contributed by atoms with van der Waals surface area (Å²) in [5.41, 5.74) is 0.533. The molecule has 0 fully saturated rings. The number of sulfonamides is 1. The first-order valence-electron chi connectivity index (χ1n) is 7.32. The maximum Gasteiger partial charge on any atom is 0.291 e. The molecule has 1 aromatic heterocycles. The van der Waals surface area contributed by atoms with Gasteiger partial charge in [0.1, 0.15) is 10.8 Å². The molecule has 1 aromatic carbocycles. The fourth-order valence-corrected chi connectivity index (χ4v) is 4.65. The number of aryl methyl sites for hydroxylation is 1. The van der Waals surface area contributed by atoms with Crippen LogP contribution in [0, 0.1) is 6.92 Å². The Kier molecular flexibility index (Phi) is 6.75. The van der Waals surface area contributed by atoms with Gasteiger partial charge in [-0.05, 0) is 29.7 Å². The highest BCUT2D eigenvalue weighted by Crippen LogP contribution is 2.21. The minimum Gasteiger partial charge on any atom is -0.615 e. The Morgan fingerprint density at radius 2 is 1.96 bits per heavy atom. The topological polar surface area (TPSA) is 95.3 Å². The molecule has 1 atom stereocenters. The van der Waals surface area contributed by atoms with Gasteiger partial charge in [0.2, 0.25) is 15.9 Å². The fourth-order valence-electron chi connectivity index (χ4n) is 2.11. The summed E-state index contributed by atoms with van der Waals surface area (Å²) in [5.74, 6) is -0.121. The van der Waals surface area contributed by atoms with Crippen LogP contribution in [0.4, 0.5) is 0 Å². The van der Waals surface area contributed by atoms with Crippen molar-refractivity contribution in [2.75, 3.05) is 14.1 Å². The van der Waals surface area contributed by atoms with Gasteiger partial charge in [-0.25, -0.2) is 12.7 Å². The maximum atomic E-state index is 12.4. The van der Waals surface area contributed by atoms with E-state index in [2.05, 4.69) is 5.10 Å². The van der Waals surface area contributed by atoms with Crippen LogP contribution in [0.5, 0.6) is 0 Å². The van der Waals surface area contributed by atoms with E-state index in [1.807, 2.05) is 0 Å². The summed E-state index contributed by atoms with van der Waals surface area (Å²) in [5, 5.41) is 3.64. The molecular formula is C15H17Cl2N3O4S2. The average molecular weight is 438 g/mol. The van der Waals surface area contributed by atoms with Gasteiger partial charge < -0.3 is 4.55 Å². The zero-order valence-electron chi connectivity index (χ0n) is 14.3. The van der Waals surface area contributed by atoms with Crippen LogP contribution in [0.2, 0.25) is 10.0 Å². The van der Waals surface area contributed by atoms with Crippen LogP contribution < -0.4 is 5.56 Å². The van der Waals surface area contributed by atoms with Crippen molar-refractivity contribution in [3.63, 3.8) is 0 Å². The molecule has 0 aliphatic carbocycles. The highest BCUT2D eigenvalue weighted by molar-refractivity contribution is 7.89. The highest BCUT2D eigenvalue weighted by Gasteiger charge is 2.21. The van der Waals surface area contributed by atoms with Gasteiger partial charge in [-0.2, -0.15) is 9.78 Å². The van der Waals surface area contributed by atoms with E-state index in [0.29, 0.717) is 11.1 Å². The third-order valence-corrected chi connectivity index (χ3v) is 7.44. The fraction of sp³-hybridized carbons (Fsp3) is 0.333. The van der Waals surface area contributed by atoms with E-state index >= 15 is 0 Å². The Balaban J connectivity index is 2.24. The molecule has 26 heavy (non-hydrogen) atoms. The molecule has 0 saturated carbocycles. The zero-order chi connectivity index (χ0) is 19.6. The maximum absolute atomic E-state index is 12.4. The Morgan fingerprint density at radius 3 is 2.58 bits per heavy atom. The first-order valence-corrected chi connectivity index (χ1v) is 11.0. The standard InChI is InChI=1S/C15H17Cl2N3O4S2/c1-10-4-5-11(6-13(10)26(23,24)19(2)3)8-25(22)9-20-15(21)14(17)12(16)7-18-20/h4-7H,8-9H2,1-3H3. The van der Waals surface area contributed by atoms with Crippen molar-refractivity contribution in [1.29, 1.82) is 0 Å². The number of hydrogen-bond donors (Lipinski definition) is 0. The molecule has 2 rings (SSSR count). The molecule has 1 heterocycles. The Morgan fingerprint density at radius 1 is 1.31 bits per heavy atom. The summed E-state index contributed by atoms with van der Waals surface area (Å²) in [6.45, 7) is 1.69. The van der Waals surface area contributed by atoms with Crippen molar-refractivity contribution in [2.24, 2.45) is 0 Å². The number of nitrogens with zero attached hydrogens (tertiary/aromatic N) is 3. The third-order valence-electron chi connectivity index (χ3n) is 3.55. The van der Waals surface area contributed by atoms with E-state index in [9.17, 15) is 17.8 Å². The van der Waals surface area contributed by atoms with Crippen LogP contribution in [0.25, 0.3) is 0 Å². The second kappa shape index (κ2) is 8.28. The second-order valence-electron chi connectivity index (χ2n) is 5.71. The summed E-state index contributed by atoms with van der Waals surface area (Å²) in [6.07, 6.45) is 1.20. The van der Waals surface area contributed by atoms with E-state index in [-0.39, 0.29) is 26.6 Å². The van der Waals surface area contributed by atoms with Crippen LogP contribution in [0.15, 0.2) is 34.1 Å². The van der Waals surface area contributed by atoms with Gasteiger partial charge in [0.25, 0.3) is 5.56 Å². The number of halogens is 2. The van der Waals surface area contributed by atoms with Crippen molar-refractivity contribution in [3.8, 4) is 0 Å². The van der Waals surface area contributed by atoms with Crippen LogP contribution in [-0.2, 0) is 32.8 Å². The zero-order valence-corrected chi connectivity index (χ0v) is 17.4. The van der Waals surface area contributed by atoms with Crippen LogP contribution in [-0.4, -0.2) is 41.2 Å². The molecule has 0 radical (unpaired) electrons. The van der Waals surface area contributed by atoms with Gasteiger partial charge in [-0.3, -0.25) is 4.79 Å². The molecule has 0 aliphatic rings. The lowest BCUT2D eigenvalue weighted by Crippen LogP contribution is -2.27. The SMILES string of the molecule is Cc1ccc(C[S+]([O-])Cn2ncc(Cl)c(Cl)c2=O)cc1S(=O)(=O)N(C)C. The molecule has 142 valence electrons. The Bertz CT molecular complexity index is 977. The summed E-state index contributed by atoms with van der Waals surface area (Å²) in [7, 11) is -0.714. The predicted molar refractivity (Wildman–Crippen MR) is 102 cm³/mol. The lowest BCUT2D eigenvalue weighted by molar-refractivity contribution is 0.520. The van der Waals surface area contributed by atoms with Gasteiger partial charge in [0.15, 0.2) is 0 Å². The molecule has 11 heteroatoms. The van der Waals surface area contributed by atoms with Gasteiger partial charge in [0, 0.05) is 19.7 Å². The lowest BCUT2D eigenvalue weighted by Gasteiger charge is -2.16. The van der Waals surface area contributed by atoms with Gasteiger partial charge in [0.05, 0.1) is 16.1 Å². The monoisotopic (exact) mass is 437 g/mol. The van der Waals surface area contributed by atoms with Crippen LogP contribution >= 0.6 is 23.2 Å². The summed E-state index contributed by atoms with van der Waals surface area (Å²) in [6, 6.07) is 4.85. The van der Waals surface area contributed by atoms with Gasteiger partial charge >= 0.3 is 0 Å². The molecule has 7 nitrogen and oxygen atoms in total. The summed E-state index contributed by atoms with van der Waals surface area (Å²) >= 11 is 9.97. The Hall–Kier alpha value is -1.10. The Labute approximate surface area is 164 Å². The van der Waals surface area contributed by atoms with Crippen molar-refractivity contribution in [3.05, 3.63) is 55.9 Å². The van der Waals surface area contributed by atoms with E-state index in [0.717, 1.165) is 8.99 Å². The first kappa shape index (κ1) is 21.2. The van der Waals surface area contributed by atoms with Crippen molar-refractivity contribution in [2.45, 2.75) is 23.4 Å².